The molecule has 76 valence electrons. The van der Waals surface area contributed by atoms with E-state index in [0.29, 0.717) is 0 Å². The number of rotatable bonds is 4. The Labute approximate surface area is 85.5 Å². The van der Waals surface area contributed by atoms with Crippen molar-refractivity contribution in [3.05, 3.63) is 29.6 Å². The summed E-state index contributed by atoms with van der Waals surface area (Å²) in [7, 11) is 0. The molecule has 2 heteroatoms. The van der Waals surface area contributed by atoms with Crippen molar-refractivity contribution in [2.45, 2.75) is 38.6 Å². The van der Waals surface area contributed by atoms with Crippen LogP contribution < -0.4 is 5.73 Å². The van der Waals surface area contributed by atoms with Gasteiger partial charge in [-0.1, -0.05) is 18.9 Å². The molecule has 0 radical (unpaired) electrons. The third-order valence-corrected chi connectivity index (χ3v) is 3.03. The average molecular weight is 190 g/mol. The maximum Gasteiger partial charge on any atom is 0.0420 e. The molecule has 0 bridgehead atoms. The van der Waals surface area contributed by atoms with Crippen LogP contribution in [-0.4, -0.2) is 4.98 Å². The zero-order chi connectivity index (χ0) is 9.97. The molecule has 1 aromatic heterocycles. The molecule has 0 saturated heterocycles. The van der Waals surface area contributed by atoms with Crippen molar-refractivity contribution >= 4 is 0 Å². The molecule has 0 spiro atoms. The molecule has 0 amide bonds. The van der Waals surface area contributed by atoms with Gasteiger partial charge >= 0.3 is 0 Å². The second-order valence-corrected chi connectivity index (χ2v) is 4.31. The Morgan fingerprint density at radius 1 is 1.57 bits per heavy atom. The lowest BCUT2D eigenvalue weighted by Crippen LogP contribution is -2.12. The highest BCUT2D eigenvalue weighted by Gasteiger charge is 2.22. The van der Waals surface area contributed by atoms with Crippen LogP contribution in [0.4, 0.5) is 0 Å². The second kappa shape index (κ2) is 4.09. The van der Waals surface area contributed by atoms with Crippen molar-refractivity contribution in [1.82, 2.24) is 4.98 Å². The Balaban J connectivity index is 1.95. The van der Waals surface area contributed by atoms with Gasteiger partial charge in [0.1, 0.15) is 0 Å². The lowest BCUT2D eigenvalue weighted by atomic mass is 10.0. The van der Waals surface area contributed by atoms with Crippen molar-refractivity contribution in [3.8, 4) is 0 Å². The Bertz CT molecular complexity index is 305. The normalized spacial score (nSPS) is 18.1. The number of aromatic nitrogens is 1. The van der Waals surface area contributed by atoms with E-state index in [4.69, 9.17) is 5.73 Å². The van der Waals surface area contributed by atoms with E-state index < -0.39 is 0 Å². The van der Waals surface area contributed by atoms with Crippen LogP contribution in [0, 0.1) is 12.8 Å². The van der Waals surface area contributed by atoms with Gasteiger partial charge in [0.2, 0.25) is 0 Å². The lowest BCUT2D eigenvalue weighted by Gasteiger charge is -2.13. The first-order valence-corrected chi connectivity index (χ1v) is 5.44. The second-order valence-electron chi connectivity index (χ2n) is 4.31. The fraction of sp³-hybridized carbons (Fsp3) is 0.583. The van der Waals surface area contributed by atoms with Crippen LogP contribution in [0.1, 0.15) is 43.0 Å². The molecule has 1 atom stereocenters. The molecular weight excluding hydrogens is 172 g/mol. The Hall–Kier alpha value is -0.890. The highest BCUT2D eigenvalue weighted by atomic mass is 14.7. The quantitative estimate of drug-likeness (QED) is 0.792. The van der Waals surface area contributed by atoms with Gasteiger partial charge in [-0.15, -0.1) is 0 Å². The van der Waals surface area contributed by atoms with Crippen LogP contribution in [0.3, 0.4) is 0 Å². The van der Waals surface area contributed by atoms with Gasteiger partial charge in [0.15, 0.2) is 0 Å². The van der Waals surface area contributed by atoms with E-state index in [1.54, 1.807) is 0 Å². The van der Waals surface area contributed by atoms with Gasteiger partial charge in [-0.05, 0) is 37.3 Å². The van der Waals surface area contributed by atoms with Crippen LogP contribution >= 0.6 is 0 Å². The summed E-state index contributed by atoms with van der Waals surface area (Å²) in [5.74, 6) is 0.970. The van der Waals surface area contributed by atoms with Crippen LogP contribution in [0.15, 0.2) is 18.3 Å². The third-order valence-electron chi connectivity index (χ3n) is 3.03. The number of hydrogen-bond donors (Lipinski definition) is 1. The topological polar surface area (TPSA) is 38.9 Å². The highest BCUT2D eigenvalue weighted by molar-refractivity contribution is 5.21. The van der Waals surface area contributed by atoms with E-state index >= 15 is 0 Å². The summed E-state index contributed by atoms with van der Waals surface area (Å²) in [6.45, 7) is 2.03. The monoisotopic (exact) mass is 190 g/mol. The first-order chi connectivity index (χ1) is 6.77. The minimum absolute atomic E-state index is 0.185. The van der Waals surface area contributed by atoms with E-state index in [0.717, 1.165) is 18.0 Å². The van der Waals surface area contributed by atoms with Crippen LogP contribution in [0.5, 0.6) is 0 Å². The summed E-state index contributed by atoms with van der Waals surface area (Å²) >= 11 is 0. The minimum Gasteiger partial charge on any atom is -0.324 e. The molecule has 1 aromatic rings. The fourth-order valence-corrected chi connectivity index (χ4v) is 1.87. The van der Waals surface area contributed by atoms with Gasteiger partial charge in [0, 0.05) is 17.9 Å². The molecule has 2 nitrogen and oxygen atoms in total. The predicted octanol–water partition coefficient (Wildman–Crippen LogP) is 2.58. The van der Waals surface area contributed by atoms with E-state index in [9.17, 15) is 0 Å². The SMILES string of the molecule is Cc1ncccc1C(N)CCC1CC1. The Kier molecular flexibility index (Phi) is 2.82. The largest absolute Gasteiger partial charge is 0.324 e. The van der Waals surface area contributed by atoms with E-state index in [-0.39, 0.29) is 6.04 Å². The average Bonchev–Trinajstić information content (AvgIpc) is 2.98. The molecule has 1 heterocycles. The summed E-state index contributed by atoms with van der Waals surface area (Å²) in [6.07, 6.45) is 7.05. The van der Waals surface area contributed by atoms with Crippen molar-refractivity contribution in [2.75, 3.05) is 0 Å². The molecule has 1 aliphatic rings. The molecule has 2 N–H and O–H groups in total. The lowest BCUT2D eigenvalue weighted by molar-refractivity contribution is 0.571. The van der Waals surface area contributed by atoms with E-state index in [1.165, 1.54) is 24.8 Å². The summed E-state index contributed by atoms with van der Waals surface area (Å²) in [6, 6.07) is 4.25. The zero-order valence-electron chi connectivity index (χ0n) is 8.74. The van der Waals surface area contributed by atoms with Crippen LogP contribution in [0.2, 0.25) is 0 Å². The van der Waals surface area contributed by atoms with Crippen molar-refractivity contribution < 1.29 is 0 Å². The number of aryl methyl sites for hydroxylation is 1. The predicted molar refractivity (Wildman–Crippen MR) is 57.9 cm³/mol. The number of nitrogens with zero attached hydrogens (tertiary/aromatic N) is 1. The summed E-state index contributed by atoms with van der Waals surface area (Å²) in [5.41, 5.74) is 8.43. The molecule has 1 unspecified atom stereocenters. The number of pyridine rings is 1. The molecule has 1 saturated carbocycles. The summed E-state index contributed by atoms with van der Waals surface area (Å²) < 4.78 is 0. The van der Waals surface area contributed by atoms with Gasteiger partial charge in [-0.25, -0.2) is 0 Å². The third kappa shape index (κ3) is 2.32. The van der Waals surface area contributed by atoms with Crippen LogP contribution in [-0.2, 0) is 0 Å². The number of hydrogen-bond acceptors (Lipinski definition) is 2. The molecule has 1 aliphatic carbocycles. The molecule has 14 heavy (non-hydrogen) atoms. The van der Waals surface area contributed by atoms with Gasteiger partial charge < -0.3 is 5.73 Å². The highest BCUT2D eigenvalue weighted by Crippen LogP contribution is 2.35. The van der Waals surface area contributed by atoms with Gasteiger partial charge in [-0.3, -0.25) is 4.98 Å². The fourth-order valence-electron chi connectivity index (χ4n) is 1.87. The smallest absolute Gasteiger partial charge is 0.0420 e. The molecule has 0 aliphatic heterocycles. The Morgan fingerprint density at radius 2 is 2.36 bits per heavy atom. The first-order valence-electron chi connectivity index (χ1n) is 5.44. The van der Waals surface area contributed by atoms with Gasteiger partial charge in [0.25, 0.3) is 0 Å². The van der Waals surface area contributed by atoms with E-state index in [1.807, 2.05) is 19.2 Å². The maximum absolute atomic E-state index is 6.13. The molecule has 0 aromatic carbocycles. The molecular formula is C12H18N2. The molecule has 2 rings (SSSR count). The van der Waals surface area contributed by atoms with E-state index in [2.05, 4.69) is 11.1 Å². The van der Waals surface area contributed by atoms with Crippen LogP contribution in [0.25, 0.3) is 0 Å². The van der Waals surface area contributed by atoms with Gasteiger partial charge in [0.05, 0.1) is 0 Å². The maximum atomic E-state index is 6.13. The number of nitrogens with two attached hydrogens (primary N) is 1. The van der Waals surface area contributed by atoms with Crippen molar-refractivity contribution in [3.63, 3.8) is 0 Å². The van der Waals surface area contributed by atoms with Crippen molar-refractivity contribution in [1.29, 1.82) is 0 Å². The summed E-state index contributed by atoms with van der Waals surface area (Å²) in [4.78, 5) is 4.26. The minimum atomic E-state index is 0.185. The Morgan fingerprint density at radius 3 is 3.00 bits per heavy atom. The van der Waals surface area contributed by atoms with Crippen molar-refractivity contribution in [2.24, 2.45) is 11.7 Å². The molecule has 1 fully saturated rings. The zero-order valence-corrected chi connectivity index (χ0v) is 8.74. The van der Waals surface area contributed by atoms with Gasteiger partial charge in [-0.2, -0.15) is 0 Å². The first kappa shape index (κ1) is 9.66. The summed E-state index contributed by atoms with van der Waals surface area (Å²) in [5, 5.41) is 0. The standard InChI is InChI=1S/C12H18N2/c1-9-11(3-2-8-14-9)12(13)7-6-10-4-5-10/h2-3,8,10,12H,4-7,13H2,1H3.